The van der Waals surface area contributed by atoms with Crippen LogP contribution >= 0.6 is 11.3 Å². The number of nitrogens with one attached hydrogen (secondary N) is 1. The number of alkyl halides is 5. The van der Waals surface area contributed by atoms with Gasteiger partial charge < -0.3 is 5.32 Å². The topological polar surface area (TPSA) is 76.1 Å². The smallest absolute Gasteiger partial charge is 0.325 e. The number of rotatable bonds is 6. The lowest BCUT2D eigenvalue weighted by Gasteiger charge is -2.10. The molecule has 5 nitrogen and oxygen atoms in total. The number of benzene rings is 2. The average molecular weight is 476 g/mol. The predicted molar refractivity (Wildman–Crippen MR) is 105 cm³/mol. The molecule has 0 aliphatic rings. The lowest BCUT2D eigenvalue weighted by molar-refractivity contribution is -0.137. The van der Waals surface area contributed by atoms with Crippen molar-refractivity contribution in [1.82, 2.24) is 4.98 Å². The van der Waals surface area contributed by atoms with Crippen LogP contribution in [0.4, 0.5) is 27.6 Å². The van der Waals surface area contributed by atoms with Crippen molar-refractivity contribution < 1.29 is 35.2 Å². The molecule has 3 aromatic rings. The van der Waals surface area contributed by atoms with Crippen LogP contribution in [0.5, 0.6) is 0 Å². The number of carbonyl (C=O) groups excluding carboxylic acids is 1. The third-order valence-corrected chi connectivity index (χ3v) is 6.43. The van der Waals surface area contributed by atoms with E-state index in [9.17, 15) is 35.2 Å². The van der Waals surface area contributed by atoms with Gasteiger partial charge in [0, 0.05) is 10.9 Å². The van der Waals surface area contributed by atoms with E-state index in [0.717, 1.165) is 29.5 Å². The van der Waals surface area contributed by atoms with Gasteiger partial charge in [0.2, 0.25) is 15.7 Å². The fourth-order valence-corrected chi connectivity index (χ4v) is 4.31. The summed E-state index contributed by atoms with van der Waals surface area (Å²) in [5.41, 5.74) is -0.375. The molecule has 0 fully saturated rings. The van der Waals surface area contributed by atoms with Crippen LogP contribution in [-0.2, 0) is 27.2 Å². The standard InChI is InChI=1S/C19H13F5N2O3S2/c20-18(21)31(28,29)15-4-2-1-3-14(15)26-16(27)9-13-10-30-17(25-13)11-5-7-12(8-6-11)19(22,23)24/h1-8,10,18H,9H2,(H,26,27). The summed E-state index contributed by atoms with van der Waals surface area (Å²) >= 11 is 1.11. The minimum absolute atomic E-state index is 0.284. The Kier molecular flexibility index (Phi) is 6.41. The fourth-order valence-electron chi connectivity index (χ4n) is 2.60. The molecule has 0 spiro atoms. The van der Waals surface area contributed by atoms with Crippen molar-refractivity contribution in [1.29, 1.82) is 0 Å². The zero-order valence-electron chi connectivity index (χ0n) is 15.4. The summed E-state index contributed by atoms with van der Waals surface area (Å²) < 4.78 is 87.2. The number of hydrogen-bond acceptors (Lipinski definition) is 5. The fraction of sp³-hybridized carbons (Fsp3) is 0.158. The maximum atomic E-state index is 12.8. The molecule has 12 heteroatoms. The molecule has 0 saturated heterocycles. The SMILES string of the molecule is O=C(Cc1csc(-c2ccc(C(F)(F)F)cc2)n1)Nc1ccccc1S(=O)(=O)C(F)F. The highest BCUT2D eigenvalue weighted by molar-refractivity contribution is 7.91. The molecular weight excluding hydrogens is 463 g/mol. The highest BCUT2D eigenvalue weighted by atomic mass is 32.2. The van der Waals surface area contributed by atoms with Crippen molar-refractivity contribution in [2.75, 3.05) is 5.32 Å². The van der Waals surface area contributed by atoms with Crippen LogP contribution in [-0.4, -0.2) is 25.1 Å². The number of para-hydroxylation sites is 1. The molecule has 0 unspecified atom stereocenters. The molecule has 0 atom stereocenters. The first-order valence-electron chi connectivity index (χ1n) is 8.51. The van der Waals surface area contributed by atoms with E-state index < -0.39 is 38.1 Å². The van der Waals surface area contributed by atoms with Gasteiger partial charge in [0.05, 0.1) is 28.3 Å². The van der Waals surface area contributed by atoms with Gasteiger partial charge in [-0.1, -0.05) is 24.3 Å². The van der Waals surface area contributed by atoms with E-state index in [1.807, 2.05) is 0 Å². The van der Waals surface area contributed by atoms with Crippen molar-refractivity contribution in [2.24, 2.45) is 0 Å². The second kappa shape index (κ2) is 8.71. The van der Waals surface area contributed by atoms with Gasteiger partial charge in [-0.15, -0.1) is 11.3 Å². The van der Waals surface area contributed by atoms with Crippen molar-refractivity contribution in [2.45, 2.75) is 23.3 Å². The van der Waals surface area contributed by atoms with E-state index in [1.165, 1.54) is 35.7 Å². The first-order valence-corrected chi connectivity index (χ1v) is 10.9. The Morgan fingerprint density at radius 1 is 1.06 bits per heavy atom. The number of sulfone groups is 1. The van der Waals surface area contributed by atoms with Crippen LogP contribution in [0.15, 0.2) is 58.8 Å². The number of thiazole rings is 1. The molecule has 3 rings (SSSR count). The molecule has 0 aliphatic carbocycles. The zero-order valence-corrected chi connectivity index (χ0v) is 17.0. The van der Waals surface area contributed by atoms with Gasteiger partial charge >= 0.3 is 11.9 Å². The van der Waals surface area contributed by atoms with Crippen LogP contribution in [0, 0.1) is 0 Å². The van der Waals surface area contributed by atoms with Crippen LogP contribution < -0.4 is 5.32 Å². The Bertz CT molecular complexity index is 1190. The quantitative estimate of drug-likeness (QED) is 0.508. The summed E-state index contributed by atoms with van der Waals surface area (Å²) in [5, 5.41) is 4.19. The first-order chi connectivity index (χ1) is 14.5. The van der Waals surface area contributed by atoms with E-state index in [4.69, 9.17) is 0 Å². The highest BCUT2D eigenvalue weighted by Crippen LogP contribution is 2.32. The largest absolute Gasteiger partial charge is 0.416 e. The molecular formula is C19H13F5N2O3S2. The summed E-state index contributed by atoms with van der Waals surface area (Å²) in [6.07, 6.45) is -4.75. The Labute approximate surface area is 177 Å². The lowest BCUT2D eigenvalue weighted by Crippen LogP contribution is -2.19. The van der Waals surface area contributed by atoms with Crippen molar-refractivity contribution in [3.8, 4) is 10.6 Å². The molecule has 31 heavy (non-hydrogen) atoms. The summed E-state index contributed by atoms with van der Waals surface area (Å²) in [4.78, 5) is 15.8. The van der Waals surface area contributed by atoms with Gasteiger partial charge in [-0.2, -0.15) is 22.0 Å². The Morgan fingerprint density at radius 2 is 1.71 bits per heavy atom. The van der Waals surface area contributed by atoms with Crippen LogP contribution in [0.3, 0.4) is 0 Å². The average Bonchev–Trinajstić information content (AvgIpc) is 3.16. The molecule has 2 aromatic carbocycles. The number of nitrogens with zero attached hydrogens (tertiary/aromatic N) is 1. The maximum absolute atomic E-state index is 12.8. The van der Waals surface area contributed by atoms with Crippen LogP contribution in [0.1, 0.15) is 11.3 Å². The first kappa shape index (κ1) is 22.8. The van der Waals surface area contributed by atoms with E-state index >= 15 is 0 Å². The van der Waals surface area contributed by atoms with E-state index in [0.29, 0.717) is 10.6 Å². The Balaban J connectivity index is 1.73. The normalized spacial score (nSPS) is 12.2. The van der Waals surface area contributed by atoms with Crippen molar-refractivity contribution in [3.05, 3.63) is 65.2 Å². The Morgan fingerprint density at radius 3 is 2.32 bits per heavy atom. The maximum Gasteiger partial charge on any atom is 0.416 e. The van der Waals surface area contributed by atoms with Gasteiger partial charge in [-0.05, 0) is 24.3 Å². The van der Waals surface area contributed by atoms with E-state index in [2.05, 4.69) is 10.3 Å². The van der Waals surface area contributed by atoms with E-state index in [1.54, 1.807) is 0 Å². The predicted octanol–water partition coefficient (Wildman–Crippen LogP) is 5.01. The molecule has 164 valence electrons. The summed E-state index contributed by atoms with van der Waals surface area (Å²) in [6, 6.07) is 9.14. The summed E-state index contributed by atoms with van der Waals surface area (Å²) in [6.45, 7) is 0. The lowest BCUT2D eigenvalue weighted by atomic mass is 10.1. The van der Waals surface area contributed by atoms with E-state index in [-0.39, 0.29) is 17.8 Å². The number of amides is 1. The monoisotopic (exact) mass is 476 g/mol. The molecule has 1 aromatic heterocycles. The third kappa shape index (κ3) is 5.25. The number of anilines is 1. The second-order valence-corrected chi connectivity index (χ2v) is 8.99. The molecule has 1 N–H and O–H groups in total. The van der Waals surface area contributed by atoms with Crippen molar-refractivity contribution >= 4 is 32.8 Å². The van der Waals surface area contributed by atoms with Crippen LogP contribution in [0.25, 0.3) is 10.6 Å². The summed E-state index contributed by atoms with van der Waals surface area (Å²) in [5.74, 6) is -4.34. The molecule has 0 aliphatic heterocycles. The van der Waals surface area contributed by atoms with Crippen LogP contribution in [0.2, 0.25) is 0 Å². The van der Waals surface area contributed by atoms with Gasteiger partial charge in [-0.3, -0.25) is 4.79 Å². The number of hydrogen-bond donors (Lipinski definition) is 1. The molecule has 1 heterocycles. The van der Waals surface area contributed by atoms with Gasteiger partial charge in [0.15, 0.2) is 0 Å². The molecule has 0 bridgehead atoms. The second-order valence-electron chi connectivity index (χ2n) is 6.25. The third-order valence-electron chi connectivity index (χ3n) is 4.05. The molecule has 0 radical (unpaired) electrons. The van der Waals surface area contributed by atoms with Gasteiger partial charge in [0.1, 0.15) is 5.01 Å². The molecule has 1 amide bonds. The van der Waals surface area contributed by atoms with Gasteiger partial charge in [-0.25, -0.2) is 13.4 Å². The zero-order chi connectivity index (χ0) is 22.8. The minimum Gasteiger partial charge on any atom is -0.325 e. The number of aromatic nitrogens is 1. The number of carbonyl (C=O) groups is 1. The summed E-state index contributed by atoms with van der Waals surface area (Å²) in [7, 11) is -4.91. The van der Waals surface area contributed by atoms with Gasteiger partial charge in [0.25, 0.3) is 0 Å². The Hall–Kier alpha value is -2.86. The van der Waals surface area contributed by atoms with Crippen molar-refractivity contribution in [3.63, 3.8) is 0 Å². The number of halogens is 5. The minimum atomic E-state index is -4.91. The highest BCUT2D eigenvalue weighted by Gasteiger charge is 2.30. The molecule has 0 saturated carbocycles.